The van der Waals surface area contributed by atoms with Crippen molar-refractivity contribution in [3.8, 4) is 0 Å². The van der Waals surface area contributed by atoms with Crippen LogP contribution < -0.4 is 16.1 Å². The van der Waals surface area contributed by atoms with E-state index in [0.29, 0.717) is 11.3 Å². The minimum atomic E-state index is -1.03. The quantitative estimate of drug-likeness (QED) is 0.261. The number of carbonyl (C=O) groups excluding carboxylic acids is 5. The molecule has 0 aliphatic carbocycles. The van der Waals surface area contributed by atoms with Gasteiger partial charge in [-0.3, -0.25) is 29.3 Å². The maximum absolute atomic E-state index is 12.8. The van der Waals surface area contributed by atoms with Crippen molar-refractivity contribution in [2.75, 3.05) is 6.54 Å². The summed E-state index contributed by atoms with van der Waals surface area (Å²) >= 11 is 0. The van der Waals surface area contributed by atoms with E-state index in [1.165, 1.54) is 5.48 Å². The summed E-state index contributed by atoms with van der Waals surface area (Å²) in [7, 11) is 0. The molecule has 0 aromatic heterocycles. The Hall–Kier alpha value is -2.69. The van der Waals surface area contributed by atoms with Gasteiger partial charge in [0.25, 0.3) is 11.8 Å². The predicted octanol–water partition coefficient (Wildman–Crippen LogP) is 0.0650. The highest BCUT2D eigenvalue weighted by Crippen LogP contribution is 2.16. The molecule has 1 fully saturated rings. The van der Waals surface area contributed by atoms with Crippen LogP contribution >= 0.6 is 0 Å². The number of imide groups is 1. The van der Waals surface area contributed by atoms with E-state index in [2.05, 4.69) is 10.6 Å². The van der Waals surface area contributed by atoms with E-state index < -0.39 is 54.0 Å². The summed E-state index contributed by atoms with van der Waals surface area (Å²) in [5.41, 5.74) is 0.614. The van der Waals surface area contributed by atoms with Crippen LogP contribution in [-0.4, -0.2) is 64.1 Å². The summed E-state index contributed by atoms with van der Waals surface area (Å²) in [6, 6.07) is -1.98. The molecule has 1 rings (SSSR count). The second kappa shape index (κ2) is 10.2. The van der Waals surface area contributed by atoms with Crippen molar-refractivity contribution in [3.63, 3.8) is 0 Å². The highest BCUT2D eigenvalue weighted by atomic mass is 16.6. The summed E-state index contributed by atoms with van der Waals surface area (Å²) in [6.07, 6.45) is -0.166. The Morgan fingerprint density at radius 2 is 1.90 bits per heavy atom. The third-order valence-corrected chi connectivity index (χ3v) is 4.42. The van der Waals surface area contributed by atoms with Gasteiger partial charge in [-0.25, -0.2) is 10.3 Å². The van der Waals surface area contributed by atoms with E-state index in [-0.39, 0.29) is 18.8 Å². The Bertz CT molecular complexity index is 659. The first-order valence-electron chi connectivity index (χ1n) is 9.46. The van der Waals surface area contributed by atoms with Gasteiger partial charge >= 0.3 is 6.09 Å². The van der Waals surface area contributed by atoms with Gasteiger partial charge in [-0.2, -0.15) is 0 Å². The summed E-state index contributed by atoms with van der Waals surface area (Å²) in [5, 5.41) is 13.7. The number of piperidine rings is 1. The molecule has 0 aromatic rings. The maximum Gasteiger partial charge on any atom is 0.408 e. The van der Waals surface area contributed by atoms with Crippen LogP contribution in [0.3, 0.4) is 0 Å². The van der Waals surface area contributed by atoms with Crippen molar-refractivity contribution in [1.29, 1.82) is 0 Å². The van der Waals surface area contributed by atoms with E-state index in [4.69, 9.17) is 9.94 Å². The number of carbonyl (C=O) groups is 5. The van der Waals surface area contributed by atoms with E-state index in [0.717, 1.165) is 0 Å². The Labute approximate surface area is 169 Å². The normalized spacial score (nSPS) is 19.2. The van der Waals surface area contributed by atoms with Gasteiger partial charge in [0.15, 0.2) is 0 Å². The molecule has 0 saturated carbocycles. The van der Waals surface area contributed by atoms with Crippen molar-refractivity contribution >= 4 is 29.7 Å². The number of amides is 5. The fourth-order valence-corrected chi connectivity index (χ4v) is 2.71. The maximum atomic E-state index is 12.8. The minimum Gasteiger partial charge on any atom is -0.444 e. The molecule has 0 unspecified atom stereocenters. The van der Waals surface area contributed by atoms with Crippen molar-refractivity contribution in [2.45, 2.75) is 71.6 Å². The van der Waals surface area contributed by atoms with Gasteiger partial charge in [0.1, 0.15) is 24.2 Å². The molecule has 1 saturated heterocycles. The Balaban J connectivity index is 2.87. The van der Waals surface area contributed by atoms with E-state index in [1.54, 1.807) is 27.7 Å². The van der Waals surface area contributed by atoms with Gasteiger partial charge in [0.2, 0.25) is 11.8 Å². The molecule has 29 heavy (non-hydrogen) atoms. The zero-order valence-corrected chi connectivity index (χ0v) is 17.4. The average Bonchev–Trinajstić information content (AvgIpc) is 2.63. The zero-order valence-electron chi connectivity index (χ0n) is 17.4. The summed E-state index contributed by atoms with van der Waals surface area (Å²) in [4.78, 5) is 61.3. The number of ether oxygens (including phenoxy) is 1. The molecule has 11 heteroatoms. The molecule has 3 atom stereocenters. The molecule has 4 N–H and O–H groups in total. The fourth-order valence-electron chi connectivity index (χ4n) is 2.71. The van der Waals surface area contributed by atoms with Gasteiger partial charge < -0.3 is 15.4 Å². The number of rotatable bonds is 7. The Morgan fingerprint density at radius 3 is 2.41 bits per heavy atom. The average molecular weight is 414 g/mol. The van der Waals surface area contributed by atoms with Crippen LogP contribution in [0, 0.1) is 5.92 Å². The first-order chi connectivity index (χ1) is 13.4. The van der Waals surface area contributed by atoms with Crippen LogP contribution in [0.15, 0.2) is 0 Å². The van der Waals surface area contributed by atoms with Gasteiger partial charge in [0.05, 0.1) is 0 Å². The largest absolute Gasteiger partial charge is 0.444 e. The first kappa shape index (κ1) is 24.3. The Kier molecular flexibility index (Phi) is 8.56. The van der Waals surface area contributed by atoms with Crippen LogP contribution in [-0.2, 0) is 23.9 Å². The van der Waals surface area contributed by atoms with E-state index >= 15 is 0 Å². The zero-order chi connectivity index (χ0) is 22.4. The van der Waals surface area contributed by atoms with Gasteiger partial charge in [-0.05, 0) is 33.1 Å². The number of hydroxylamine groups is 1. The van der Waals surface area contributed by atoms with Gasteiger partial charge in [0, 0.05) is 6.42 Å². The van der Waals surface area contributed by atoms with Gasteiger partial charge in [-0.15, -0.1) is 0 Å². The Morgan fingerprint density at radius 1 is 1.28 bits per heavy atom. The predicted molar refractivity (Wildman–Crippen MR) is 100 cm³/mol. The van der Waals surface area contributed by atoms with Crippen LogP contribution in [0.5, 0.6) is 0 Å². The summed E-state index contributed by atoms with van der Waals surface area (Å²) in [5.74, 6) is -3.10. The number of nitrogens with one attached hydrogen (secondary N) is 3. The molecular formula is C18H30N4O7. The number of hydrogen-bond acceptors (Lipinski definition) is 7. The molecule has 0 radical (unpaired) electrons. The fraction of sp³-hybridized carbons (Fsp3) is 0.722. The number of alkyl carbamates (subject to hydrolysis) is 1. The molecule has 5 amide bonds. The number of hydrogen-bond donors (Lipinski definition) is 4. The number of likely N-dealkylation sites (tertiary alicyclic amines) is 1. The second-order valence-corrected chi connectivity index (χ2v) is 7.96. The molecule has 1 heterocycles. The standard InChI is InChI=1S/C18H30N4O7/c1-6-10(2)14(20-17(27)29-18(3,4)5)15(25)19-11-7-8-13(24)22(16(11)26)9-12(23)21-28/h10-11,14,28H,6-9H2,1-5H3,(H,19,25)(H,20,27)(H,21,23)/t10-,11-,14-/m0/s1. The molecular weight excluding hydrogens is 384 g/mol. The molecule has 0 bridgehead atoms. The number of nitrogens with zero attached hydrogens (tertiary/aromatic N) is 1. The molecule has 0 spiro atoms. The molecule has 1 aliphatic rings. The smallest absolute Gasteiger partial charge is 0.408 e. The molecule has 11 nitrogen and oxygen atoms in total. The van der Waals surface area contributed by atoms with Crippen LogP contribution in [0.1, 0.15) is 53.9 Å². The third-order valence-electron chi connectivity index (χ3n) is 4.42. The topological polar surface area (TPSA) is 154 Å². The summed E-state index contributed by atoms with van der Waals surface area (Å²) < 4.78 is 5.19. The molecule has 0 aromatic carbocycles. The van der Waals surface area contributed by atoms with Gasteiger partial charge in [-0.1, -0.05) is 20.3 Å². The highest BCUT2D eigenvalue weighted by Gasteiger charge is 2.38. The van der Waals surface area contributed by atoms with Crippen molar-refractivity contribution in [2.24, 2.45) is 5.92 Å². The first-order valence-corrected chi connectivity index (χ1v) is 9.46. The van der Waals surface area contributed by atoms with E-state index in [9.17, 15) is 24.0 Å². The van der Waals surface area contributed by atoms with Crippen LogP contribution in [0.2, 0.25) is 0 Å². The minimum absolute atomic E-state index is 0.0527. The van der Waals surface area contributed by atoms with Crippen molar-refractivity contribution in [3.05, 3.63) is 0 Å². The highest BCUT2D eigenvalue weighted by molar-refractivity contribution is 6.04. The molecule has 164 valence electrons. The lowest BCUT2D eigenvalue weighted by Crippen LogP contribution is -2.60. The van der Waals surface area contributed by atoms with Crippen molar-refractivity contribution < 1.29 is 33.9 Å². The lowest BCUT2D eigenvalue weighted by atomic mass is 9.97. The van der Waals surface area contributed by atoms with Crippen LogP contribution in [0.4, 0.5) is 4.79 Å². The lowest BCUT2D eigenvalue weighted by molar-refractivity contribution is -0.154. The second-order valence-electron chi connectivity index (χ2n) is 7.96. The molecule has 1 aliphatic heterocycles. The third kappa shape index (κ3) is 7.33. The lowest BCUT2D eigenvalue weighted by Gasteiger charge is -2.32. The monoisotopic (exact) mass is 414 g/mol. The van der Waals surface area contributed by atoms with Crippen LogP contribution in [0.25, 0.3) is 0 Å². The van der Waals surface area contributed by atoms with Crippen molar-refractivity contribution in [1.82, 2.24) is 21.0 Å². The SMILES string of the molecule is CC[C@H](C)[C@H](NC(=O)OC(C)(C)C)C(=O)N[C@H]1CCC(=O)N(CC(=O)NO)C1=O. The summed E-state index contributed by atoms with van der Waals surface area (Å²) in [6.45, 7) is 8.05. The van der Waals surface area contributed by atoms with E-state index in [1.807, 2.05) is 6.92 Å².